The van der Waals surface area contributed by atoms with Crippen LogP contribution in [0.2, 0.25) is 0 Å². The highest BCUT2D eigenvalue weighted by molar-refractivity contribution is 7.99. The maximum Gasteiger partial charge on any atom is 0.230 e. The van der Waals surface area contributed by atoms with E-state index in [1.54, 1.807) is 19.5 Å². The smallest absolute Gasteiger partial charge is 0.230 e. The fourth-order valence-corrected chi connectivity index (χ4v) is 3.73. The number of pyridine rings is 1. The first-order valence-electron chi connectivity index (χ1n) is 9.12. The lowest BCUT2D eigenvalue weighted by Crippen LogP contribution is -2.24. The van der Waals surface area contributed by atoms with Crippen molar-refractivity contribution in [2.75, 3.05) is 12.9 Å². The Morgan fingerprint density at radius 2 is 2.18 bits per heavy atom. The van der Waals surface area contributed by atoms with Crippen LogP contribution in [-0.2, 0) is 11.3 Å². The molecule has 1 aromatic carbocycles. The van der Waals surface area contributed by atoms with E-state index in [0.29, 0.717) is 18.3 Å². The zero-order chi connectivity index (χ0) is 19.3. The molecule has 0 saturated heterocycles. The second kappa shape index (κ2) is 8.43. The normalized spacial score (nSPS) is 13.3. The predicted octanol–water partition coefficient (Wildman–Crippen LogP) is 3.09. The summed E-state index contributed by atoms with van der Waals surface area (Å²) >= 11 is 1.41. The number of hydrogen-bond donors (Lipinski definition) is 1. The first-order chi connectivity index (χ1) is 13.7. The van der Waals surface area contributed by atoms with E-state index in [1.165, 1.54) is 11.8 Å². The van der Waals surface area contributed by atoms with Crippen LogP contribution < -0.4 is 10.1 Å². The second-order valence-electron chi connectivity index (χ2n) is 6.57. The minimum Gasteiger partial charge on any atom is -0.497 e. The number of ether oxygens (including phenoxy) is 1. The number of amides is 1. The molecule has 0 spiro atoms. The van der Waals surface area contributed by atoms with Gasteiger partial charge in [-0.3, -0.25) is 14.3 Å². The van der Waals surface area contributed by atoms with Crippen molar-refractivity contribution in [3.63, 3.8) is 0 Å². The summed E-state index contributed by atoms with van der Waals surface area (Å²) in [6, 6.07) is 11.9. The van der Waals surface area contributed by atoms with Crippen LogP contribution in [-0.4, -0.2) is 38.5 Å². The summed E-state index contributed by atoms with van der Waals surface area (Å²) in [5, 5.41) is 12.4. The molecule has 8 heteroatoms. The lowest BCUT2D eigenvalue weighted by atomic mass is 10.2. The van der Waals surface area contributed by atoms with Gasteiger partial charge in [-0.05, 0) is 42.7 Å². The van der Waals surface area contributed by atoms with Gasteiger partial charge in [0, 0.05) is 30.5 Å². The molecule has 1 saturated carbocycles. The first kappa shape index (κ1) is 18.5. The van der Waals surface area contributed by atoms with E-state index in [0.717, 1.165) is 40.7 Å². The van der Waals surface area contributed by atoms with Crippen molar-refractivity contribution in [3.05, 3.63) is 54.4 Å². The van der Waals surface area contributed by atoms with Crippen LogP contribution in [0, 0.1) is 0 Å². The van der Waals surface area contributed by atoms with Crippen LogP contribution in [0.3, 0.4) is 0 Å². The van der Waals surface area contributed by atoms with Crippen LogP contribution in [0.15, 0.2) is 53.9 Å². The van der Waals surface area contributed by atoms with Gasteiger partial charge in [0.05, 0.1) is 12.9 Å². The van der Waals surface area contributed by atoms with Crippen LogP contribution in [0.4, 0.5) is 0 Å². The standard InChI is InChI=1S/C20H21N5O2S/c1-27-17-6-2-4-14(10-17)11-22-18(26)13-28-20-24-23-19(25(20)16-7-8-16)15-5-3-9-21-12-15/h2-6,9-10,12,16H,7-8,11,13H2,1H3,(H,22,26). The highest BCUT2D eigenvalue weighted by Gasteiger charge is 2.30. The molecular formula is C20H21N5O2S. The van der Waals surface area contributed by atoms with E-state index in [-0.39, 0.29) is 5.91 Å². The Kier molecular flexibility index (Phi) is 5.57. The number of carbonyl (C=O) groups is 1. The van der Waals surface area contributed by atoms with Crippen molar-refractivity contribution in [2.45, 2.75) is 30.6 Å². The molecule has 1 N–H and O–H groups in total. The topological polar surface area (TPSA) is 81.9 Å². The molecule has 4 rings (SSSR count). The first-order valence-corrected chi connectivity index (χ1v) is 10.1. The van der Waals surface area contributed by atoms with Gasteiger partial charge in [0.2, 0.25) is 5.91 Å². The van der Waals surface area contributed by atoms with Crippen LogP contribution in [0.5, 0.6) is 5.75 Å². The number of benzene rings is 1. The SMILES string of the molecule is COc1cccc(CNC(=O)CSc2nnc(-c3cccnc3)n2C2CC2)c1. The number of methoxy groups -OCH3 is 1. The number of hydrogen-bond acceptors (Lipinski definition) is 6. The van der Waals surface area contributed by atoms with E-state index in [9.17, 15) is 4.79 Å². The summed E-state index contributed by atoms with van der Waals surface area (Å²) < 4.78 is 7.34. The average molecular weight is 395 g/mol. The lowest BCUT2D eigenvalue weighted by Gasteiger charge is -2.09. The highest BCUT2D eigenvalue weighted by atomic mass is 32.2. The van der Waals surface area contributed by atoms with Gasteiger partial charge < -0.3 is 10.1 Å². The summed E-state index contributed by atoms with van der Waals surface area (Å²) in [4.78, 5) is 16.5. The van der Waals surface area contributed by atoms with Gasteiger partial charge in [-0.1, -0.05) is 23.9 Å². The van der Waals surface area contributed by atoms with Gasteiger partial charge in [-0.15, -0.1) is 10.2 Å². The van der Waals surface area contributed by atoms with Crippen LogP contribution in [0.25, 0.3) is 11.4 Å². The lowest BCUT2D eigenvalue weighted by molar-refractivity contribution is -0.118. The van der Waals surface area contributed by atoms with Gasteiger partial charge >= 0.3 is 0 Å². The average Bonchev–Trinajstić information content (AvgIpc) is 3.50. The fourth-order valence-electron chi connectivity index (χ4n) is 2.89. The monoisotopic (exact) mass is 395 g/mol. The Bertz CT molecular complexity index is 956. The Morgan fingerprint density at radius 3 is 2.93 bits per heavy atom. The summed E-state index contributed by atoms with van der Waals surface area (Å²) in [6.45, 7) is 0.465. The third-order valence-electron chi connectivity index (χ3n) is 4.45. The van der Waals surface area contributed by atoms with E-state index in [4.69, 9.17) is 4.74 Å². The molecule has 144 valence electrons. The van der Waals surface area contributed by atoms with Crippen molar-refractivity contribution in [1.82, 2.24) is 25.1 Å². The summed E-state index contributed by atoms with van der Waals surface area (Å²) in [6.07, 6.45) is 5.75. The zero-order valence-corrected chi connectivity index (χ0v) is 16.4. The molecule has 1 fully saturated rings. The number of rotatable bonds is 8. The van der Waals surface area contributed by atoms with Crippen LogP contribution >= 0.6 is 11.8 Å². The van der Waals surface area contributed by atoms with Gasteiger partial charge in [-0.2, -0.15) is 0 Å². The zero-order valence-electron chi connectivity index (χ0n) is 15.5. The number of aromatic nitrogens is 4. The Morgan fingerprint density at radius 1 is 1.29 bits per heavy atom. The van der Waals surface area contributed by atoms with Gasteiger partial charge in [0.1, 0.15) is 5.75 Å². The molecule has 3 aromatic rings. The summed E-state index contributed by atoms with van der Waals surface area (Å²) in [7, 11) is 1.63. The summed E-state index contributed by atoms with van der Waals surface area (Å²) in [5.41, 5.74) is 1.94. The van der Waals surface area contributed by atoms with Crippen molar-refractivity contribution >= 4 is 17.7 Å². The number of nitrogens with one attached hydrogen (secondary N) is 1. The van der Waals surface area contributed by atoms with Gasteiger partial charge in [0.15, 0.2) is 11.0 Å². The Labute approximate surface area is 167 Å². The molecule has 0 aliphatic heterocycles. The molecule has 28 heavy (non-hydrogen) atoms. The van der Waals surface area contributed by atoms with E-state index >= 15 is 0 Å². The number of carbonyl (C=O) groups excluding carboxylic acids is 1. The Balaban J connectivity index is 1.38. The molecule has 2 heterocycles. The van der Waals surface area contributed by atoms with E-state index in [2.05, 4.69) is 25.1 Å². The third kappa shape index (κ3) is 4.33. The molecule has 0 radical (unpaired) electrons. The van der Waals surface area contributed by atoms with E-state index in [1.807, 2.05) is 36.4 Å². The number of thioether (sulfide) groups is 1. The van der Waals surface area contributed by atoms with Gasteiger partial charge in [0.25, 0.3) is 0 Å². The van der Waals surface area contributed by atoms with Crippen molar-refractivity contribution in [1.29, 1.82) is 0 Å². The van der Waals surface area contributed by atoms with Crippen LogP contribution in [0.1, 0.15) is 24.4 Å². The van der Waals surface area contributed by atoms with Crippen molar-refractivity contribution in [2.24, 2.45) is 0 Å². The third-order valence-corrected chi connectivity index (χ3v) is 5.40. The predicted molar refractivity (Wildman–Crippen MR) is 107 cm³/mol. The molecule has 1 aliphatic carbocycles. The number of nitrogens with zero attached hydrogens (tertiary/aromatic N) is 4. The molecule has 7 nitrogen and oxygen atoms in total. The second-order valence-corrected chi connectivity index (χ2v) is 7.51. The molecule has 0 atom stereocenters. The van der Waals surface area contributed by atoms with Crippen molar-refractivity contribution in [3.8, 4) is 17.1 Å². The van der Waals surface area contributed by atoms with E-state index < -0.39 is 0 Å². The maximum absolute atomic E-state index is 12.3. The minimum atomic E-state index is -0.0407. The van der Waals surface area contributed by atoms with Gasteiger partial charge in [-0.25, -0.2) is 0 Å². The fraction of sp³-hybridized carbons (Fsp3) is 0.300. The van der Waals surface area contributed by atoms with Crippen molar-refractivity contribution < 1.29 is 9.53 Å². The molecule has 0 unspecified atom stereocenters. The molecule has 1 aliphatic rings. The highest BCUT2D eigenvalue weighted by Crippen LogP contribution is 2.40. The molecular weight excluding hydrogens is 374 g/mol. The Hall–Kier alpha value is -2.87. The largest absolute Gasteiger partial charge is 0.497 e. The summed E-state index contributed by atoms with van der Waals surface area (Å²) in [5.74, 6) is 1.85. The molecule has 2 aromatic heterocycles. The molecule has 1 amide bonds. The maximum atomic E-state index is 12.3. The molecule has 0 bridgehead atoms. The minimum absolute atomic E-state index is 0.0407. The quantitative estimate of drug-likeness (QED) is 0.590.